The Morgan fingerprint density at radius 3 is 2.71 bits per heavy atom. The van der Waals surface area contributed by atoms with Gasteiger partial charge >= 0.3 is 0 Å². The van der Waals surface area contributed by atoms with Crippen LogP contribution in [0.2, 0.25) is 0 Å². The predicted molar refractivity (Wildman–Crippen MR) is 57.8 cm³/mol. The average Bonchev–Trinajstić information content (AvgIpc) is 2.21. The molecule has 0 aliphatic heterocycles. The maximum Gasteiger partial charge on any atom is 0.255 e. The SMILES string of the molecule is C/C=c1/c(OC)c[nH]c(=O)/c1=C/CC. The zero-order valence-corrected chi connectivity index (χ0v) is 8.76. The van der Waals surface area contributed by atoms with Crippen molar-refractivity contribution in [1.29, 1.82) is 0 Å². The molecule has 0 aliphatic rings. The molecule has 0 radical (unpaired) electrons. The quantitative estimate of drug-likeness (QED) is 0.737. The van der Waals surface area contributed by atoms with Gasteiger partial charge in [-0.05, 0) is 13.3 Å². The van der Waals surface area contributed by atoms with Gasteiger partial charge in [0.1, 0.15) is 5.75 Å². The molecule has 14 heavy (non-hydrogen) atoms. The largest absolute Gasteiger partial charge is 0.495 e. The van der Waals surface area contributed by atoms with E-state index in [-0.39, 0.29) is 5.56 Å². The highest BCUT2D eigenvalue weighted by Gasteiger charge is 1.98. The summed E-state index contributed by atoms with van der Waals surface area (Å²) in [4.78, 5) is 14.1. The molecule has 0 saturated heterocycles. The monoisotopic (exact) mass is 193 g/mol. The maximum absolute atomic E-state index is 11.5. The Balaban J connectivity index is 3.71. The zero-order valence-electron chi connectivity index (χ0n) is 8.76. The van der Waals surface area contributed by atoms with E-state index in [1.807, 2.05) is 26.0 Å². The molecule has 1 aromatic heterocycles. The van der Waals surface area contributed by atoms with Gasteiger partial charge in [0.15, 0.2) is 0 Å². The Kier molecular flexibility index (Phi) is 3.51. The second-order valence-corrected chi connectivity index (χ2v) is 2.91. The molecule has 3 heteroatoms. The summed E-state index contributed by atoms with van der Waals surface area (Å²) in [6, 6.07) is 0. The van der Waals surface area contributed by atoms with Crippen LogP contribution in [0.25, 0.3) is 12.2 Å². The summed E-state index contributed by atoms with van der Waals surface area (Å²) in [6.07, 6.45) is 6.20. The first-order chi connectivity index (χ1) is 6.74. The molecule has 0 unspecified atom stereocenters. The van der Waals surface area contributed by atoms with Crippen molar-refractivity contribution >= 4 is 12.2 Å². The molecule has 0 fully saturated rings. The van der Waals surface area contributed by atoms with Crippen molar-refractivity contribution in [2.45, 2.75) is 20.3 Å². The lowest BCUT2D eigenvalue weighted by Gasteiger charge is -2.00. The van der Waals surface area contributed by atoms with Crippen molar-refractivity contribution in [3.8, 4) is 5.75 Å². The molecule has 0 atom stereocenters. The predicted octanol–water partition coefficient (Wildman–Crippen LogP) is 0.374. The van der Waals surface area contributed by atoms with Crippen LogP contribution in [-0.2, 0) is 0 Å². The van der Waals surface area contributed by atoms with E-state index in [0.717, 1.165) is 11.6 Å². The molecular formula is C11H15NO2. The third-order valence-corrected chi connectivity index (χ3v) is 2.05. The molecule has 1 heterocycles. The lowest BCUT2D eigenvalue weighted by Crippen LogP contribution is -2.40. The van der Waals surface area contributed by atoms with Crippen molar-refractivity contribution in [2.75, 3.05) is 7.11 Å². The Labute approximate surface area is 82.7 Å². The van der Waals surface area contributed by atoms with Crippen molar-refractivity contribution in [3.63, 3.8) is 0 Å². The van der Waals surface area contributed by atoms with E-state index in [4.69, 9.17) is 4.74 Å². The minimum atomic E-state index is -0.0687. The number of aromatic nitrogens is 1. The summed E-state index contributed by atoms with van der Waals surface area (Å²) in [5, 5.41) is 1.55. The number of ether oxygens (including phenoxy) is 1. The van der Waals surface area contributed by atoms with E-state index in [1.165, 1.54) is 0 Å². The second-order valence-electron chi connectivity index (χ2n) is 2.91. The van der Waals surface area contributed by atoms with Gasteiger partial charge in [-0.3, -0.25) is 4.79 Å². The van der Waals surface area contributed by atoms with Crippen LogP contribution in [-0.4, -0.2) is 12.1 Å². The van der Waals surface area contributed by atoms with E-state index in [9.17, 15) is 4.79 Å². The number of methoxy groups -OCH3 is 1. The number of pyridine rings is 1. The minimum absolute atomic E-state index is 0.0687. The fraction of sp³-hybridized carbons (Fsp3) is 0.364. The average molecular weight is 193 g/mol. The summed E-state index contributed by atoms with van der Waals surface area (Å²) in [5.41, 5.74) is -0.0687. The Morgan fingerprint density at radius 1 is 1.50 bits per heavy atom. The number of hydrogen-bond acceptors (Lipinski definition) is 2. The molecular weight excluding hydrogens is 178 g/mol. The van der Waals surface area contributed by atoms with E-state index in [0.29, 0.717) is 11.0 Å². The number of H-pyrrole nitrogens is 1. The molecule has 0 amide bonds. The smallest absolute Gasteiger partial charge is 0.255 e. The molecule has 0 bridgehead atoms. The van der Waals surface area contributed by atoms with Crippen LogP contribution in [0.3, 0.4) is 0 Å². The molecule has 0 spiro atoms. The fourth-order valence-electron chi connectivity index (χ4n) is 1.42. The van der Waals surface area contributed by atoms with E-state index in [1.54, 1.807) is 13.3 Å². The van der Waals surface area contributed by atoms with Gasteiger partial charge in [-0.25, -0.2) is 0 Å². The van der Waals surface area contributed by atoms with E-state index < -0.39 is 0 Å². The molecule has 1 N–H and O–H groups in total. The molecule has 3 nitrogen and oxygen atoms in total. The van der Waals surface area contributed by atoms with Crippen LogP contribution in [0, 0.1) is 0 Å². The molecule has 76 valence electrons. The summed E-state index contributed by atoms with van der Waals surface area (Å²) in [5.74, 6) is 0.701. The van der Waals surface area contributed by atoms with E-state index in [2.05, 4.69) is 4.98 Å². The summed E-state index contributed by atoms with van der Waals surface area (Å²) in [7, 11) is 1.59. The van der Waals surface area contributed by atoms with Gasteiger partial charge in [0.25, 0.3) is 5.56 Å². The highest BCUT2D eigenvalue weighted by Crippen LogP contribution is 1.93. The standard InChI is InChI=1S/C11H15NO2/c1-4-6-9-8(5-2)10(14-3)7-12-11(9)13/h5-7H,4H2,1-3H3,(H,12,13)/b8-5+,9-6+. The number of hydrogen-bond donors (Lipinski definition) is 1. The molecule has 1 aromatic rings. The second kappa shape index (κ2) is 4.65. The van der Waals surface area contributed by atoms with Gasteiger partial charge < -0.3 is 9.72 Å². The fourth-order valence-corrected chi connectivity index (χ4v) is 1.42. The third-order valence-electron chi connectivity index (χ3n) is 2.05. The van der Waals surface area contributed by atoms with Gasteiger partial charge in [0.2, 0.25) is 0 Å². The molecule has 0 saturated carbocycles. The van der Waals surface area contributed by atoms with Crippen LogP contribution in [0.15, 0.2) is 11.0 Å². The first-order valence-corrected chi connectivity index (χ1v) is 4.66. The summed E-state index contributed by atoms with van der Waals surface area (Å²) >= 11 is 0. The van der Waals surface area contributed by atoms with Crippen LogP contribution >= 0.6 is 0 Å². The minimum Gasteiger partial charge on any atom is -0.495 e. The van der Waals surface area contributed by atoms with E-state index >= 15 is 0 Å². The number of aromatic amines is 1. The van der Waals surface area contributed by atoms with Crippen molar-refractivity contribution < 1.29 is 4.74 Å². The van der Waals surface area contributed by atoms with Crippen molar-refractivity contribution in [1.82, 2.24) is 4.98 Å². The van der Waals surface area contributed by atoms with Gasteiger partial charge in [-0.15, -0.1) is 0 Å². The number of nitrogens with one attached hydrogen (secondary N) is 1. The molecule has 0 aliphatic carbocycles. The lowest BCUT2D eigenvalue weighted by atomic mass is 10.2. The Bertz CT molecular complexity index is 471. The Morgan fingerprint density at radius 2 is 2.21 bits per heavy atom. The molecule has 0 aromatic carbocycles. The van der Waals surface area contributed by atoms with Gasteiger partial charge in [0, 0.05) is 16.6 Å². The first-order valence-electron chi connectivity index (χ1n) is 4.66. The third kappa shape index (κ3) is 1.87. The van der Waals surface area contributed by atoms with Crippen molar-refractivity contribution in [2.24, 2.45) is 0 Å². The van der Waals surface area contributed by atoms with Crippen LogP contribution in [0.4, 0.5) is 0 Å². The Hall–Kier alpha value is -1.51. The van der Waals surface area contributed by atoms with Gasteiger partial charge in [-0.2, -0.15) is 0 Å². The first kappa shape index (κ1) is 10.6. The topological polar surface area (TPSA) is 42.1 Å². The van der Waals surface area contributed by atoms with Crippen LogP contribution < -0.4 is 20.7 Å². The molecule has 1 rings (SSSR count). The highest BCUT2D eigenvalue weighted by atomic mass is 16.5. The lowest BCUT2D eigenvalue weighted by molar-refractivity contribution is 0.408. The normalized spacial score (nSPS) is 13.4. The van der Waals surface area contributed by atoms with Gasteiger partial charge in [-0.1, -0.05) is 19.1 Å². The highest BCUT2D eigenvalue weighted by molar-refractivity contribution is 5.35. The summed E-state index contributed by atoms with van der Waals surface area (Å²) in [6.45, 7) is 3.89. The number of rotatable bonds is 2. The van der Waals surface area contributed by atoms with Crippen LogP contribution in [0.1, 0.15) is 20.3 Å². The maximum atomic E-state index is 11.5. The summed E-state index contributed by atoms with van der Waals surface area (Å²) < 4.78 is 5.16. The zero-order chi connectivity index (χ0) is 10.6. The van der Waals surface area contributed by atoms with Crippen molar-refractivity contribution in [3.05, 3.63) is 27.0 Å². The van der Waals surface area contributed by atoms with Gasteiger partial charge in [0.05, 0.1) is 7.11 Å². The van der Waals surface area contributed by atoms with Crippen LogP contribution in [0.5, 0.6) is 5.75 Å².